The van der Waals surface area contributed by atoms with Gasteiger partial charge in [-0.1, -0.05) is 18.6 Å². The summed E-state index contributed by atoms with van der Waals surface area (Å²) in [5.74, 6) is 0.559. The van der Waals surface area contributed by atoms with Crippen LogP contribution in [0.4, 0.5) is 5.69 Å². The number of nitrogens with one attached hydrogen (secondary N) is 1. The molecule has 2 aromatic carbocycles. The standard InChI is InChI=1S/C27H27N5O3/c1-29-24(33)16-27(13-3-14-27)18-4-6-19(7-5-18)31-15-12-22-23(17-28)30-32(25(22)26(31)34)20-8-10-21(35-2)11-9-20/h4-11H,3,12-16H2,1-2H3,(H,29,33). The number of nitriles is 1. The number of amides is 2. The van der Waals surface area contributed by atoms with E-state index in [4.69, 9.17) is 4.74 Å². The topological polar surface area (TPSA) is 100 Å². The molecular weight excluding hydrogens is 442 g/mol. The Morgan fingerprint density at radius 1 is 1.14 bits per heavy atom. The van der Waals surface area contributed by atoms with Gasteiger partial charge in [-0.3, -0.25) is 9.59 Å². The summed E-state index contributed by atoms with van der Waals surface area (Å²) in [6, 6.07) is 17.4. The lowest BCUT2D eigenvalue weighted by Gasteiger charge is -2.42. The summed E-state index contributed by atoms with van der Waals surface area (Å²) in [6.45, 7) is 0.470. The number of ether oxygens (including phenoxy) is 1. The van der Waals surface area contributed by atoms with Crippen molar-refractivity contribution < 1.29 is 14.3 Å². The van der Waals surface area contributed by atoms with Gasteiger partial charge in [0.05, 0.1) is 12.8 Å². The van der Waals surface area contributed by atoms with Gasteiger partial charge in [0.2, 0.25) is 5.91 Å². The highest BCUT2D eigenvalue weighted by molar-refractivity contribution is 6.07. The first kappa shape index (κ1) is 22.7. The normalized spacial score (nSPS) is 16.1. The minimum absolute atomic E-state index is 0.0487. The molecule has 178 valence electrons. The molecule has 1 saturated carbocycles. The Balaban J connectivity index is 1.46. The summed E-state index contributed by atoms with van der Waals surface area (Å²) >= 11 is 0. The molecule has 8 nitrogen and oxygen atoms in total. The molecule has 1 aliphatic heterocycles. The Kier molecular flexibility index (Phi) is 5.77. The quantitative estimate of drug-likeness (QED) is 0.596. The van der Waals surface area contributed by atoms with Gasteiger partial charge in [-0.25, -0.2) is 4.68 Å². The number of rotatable bonds is 6. The van der Waals surface area contributed by atoms with Gasteiger partial charge in [-0.05, 0) is 61.2 Å². The van der Waals surface area contributed by atoms with Gasteiger partial charge in [-0.2, -0.15) is 10.4 Å². The smallest absolute Gasteiger partial charge is 0.277 e. The number of benzene rings is 2. The molecular formula is C27H27N5O3. The Morgan fingerprint density at radius 3 is 2.40 bits per heavy atom. The molecule has 35 heavy (non-hydrogen) atoms. The van der Waals surface area contributed by atoms with Crippen molar-refractivity contribution in [3.05, 3.63) is 71.0 Å². The van der Waals surface area contributed by atoms with Gasteiger partial charge >= 0.3 is 0 Å². The molecule has 0 radical (unpaired) electrons. The molecule has 2 amide bonds. The van der Waals surface area contributed by atoms with Crippen molar-refractivity contribution in [3.8, 4) is 17.5 Å². The molecule has 0 bridgehead atoms. The summed E-state index contributed by atoms with van der Waals surface area (Å²) in [7, 11) is 3.26. The van der Waals surface area contributed by atoms with Gasteiger partial charge in [-0.15, -0.1) is 0 Å². The summed E-state index contributed by atoms with van der Waals surface area (Å²) < 4.78 is 6.79. The molecule has 1 N–H and O–H groups in total. The lowest BCUT2D eigenvalue weighted by Crippen LogP contribution is -2.40. The third-order valence-corrected chi connectivity index (χ3v) is 7.32. The van der Waals surface area contributed by atoms with Crippen LogP contribution in [-0.2, 0) is 16.6 Å². The van der Waals surface area contributed by atoms with E-state index in [1.54, 1.807) is 35.9 Å². The summed E-state index contributed by atoms with van der Waals surface area (Å²) in [5, 5.41) is 16.8. The first-order chi connectivity index (χ1) is 17.0. The second-order valence-electron chi connectivity index (χ2n) is 9.13. The minimum Gasteiger partial charge on any atom is -0.497 e. The van der Waals surface area contributed by atoms with E-state index in [2.05, 4.69) is 16.5 Å². The van der Waals surface area contributed by atoms with Crippen molar-refractivity contribution in [2.75, 3.05) is 25.6 Å². The van der Waals surface area contributed by atoms with Gasteiger partial charge in [0.25, 0.3) is 5.91 Å². The molecule has 0 atom stereocenters. The maximum absolute atomic E-state index is 13.7. The minimum atomic E-state index is -0.187. The van der Waals surface area contributed by atoms with Crippen molar-refractivity contribution in [3.63, 3.8) is 0 Å². The van der Waals surface area contributed by atoms with E-state index in [1.165, 1.54) is 0 Å². The second kappa shape index (κ2) is 8.91. The lowest BCUT2D eigenvalue weighted by atomic mass is 9.62. The highest BCUT2D eigenvalue weighted by atomic mass is 16.5. The summed E-state index contributed by atoms with van der Waals surface area (Å²) in [4.78, 5) is 27.5. The Morgan fingerprint density at radius 2 is 1.83 bits per heavy atom. The number of aromatic nitrogens is 2. The Hall–Kier alpha value is -4.12. The fourth-order valence-electron chi connectivity index (χ4n) is 5.17. The molecule has 3 aromatic rings. The number of carbonyl (C=O) groups excluding carboxylic acids is 2. The van der Waals surface area contributed by atoms with E-state index in [0.717, 1.165) is 30.5 Å². The number of methoxy groups -OCH3 is 1. The van der Waals surface area contributed by atoms with Crippen LogP contribution in [0.5, 0.6) is 5.75 Å². The predicted molar refractivity (Wildman–Crippen MR) is 131 cm³/mol. The predicted octanol–water partition coefficient (Wildman–Crippen LogP) is 3.51. The van der Waals surface area contributed by atoms with E-state index in [-0.39, 0.29) is 22.9 Å². The molecule has 8 heteroatoms. The Labute approximate surface area is 204 Å². The molecule has 1 aliphatic carbocycles. The number of anilines is 1. The number of fused-ring (bicyclic) bond motifs is 1. The van der Waals surface area contributed by atoms with Crippen LogP contribution < -0.4 is 15.0 Å². The van der Waals surface area contributed by atoms with E-state index in [1.807, 2.05) is 36.4 Å². The molecule has 0 spiro atoms. The fourth-order valence-corrected chi connectivity index (χ4v) is 5.17. The third kappa shape index (κ3) is 3.83. The average molecular weight is 470 g/mol. The first-order valence-electron chi connectivity index (χ1n) is 11.8. The van der Waals surface area contributed by atoms with Crippen LogP contribution >= 0.6 is 0 Å². The summed E-state index contributed by atoms with van der Waals surface area (Å²) in [6.07, 6.45) is 4.12. The maximum Gasteiger partial charge on any atom is 0.277 e. The monoisotopic (exact) mass is 469 g/mol. The largest absolute Gasteiger partial charge is 0.497 e. The first-order valence-corrected chi connectivity index (χ1v) is 11.8. The van der Waals surface area contributed by atoms with Gasteiger partial charge in [0, 0.05) is 36.7 Å². The van der Waals surface area contributed by atoms with E-state index < -0.39 is 0 Å². The molecule has 0 saturated heterocycles. The van der Waals surface area contributed by atoms with Gasteiger partial charge in [0.1, 0.15) is 17.5 Å². The Bertz CT molecular complexity index is 1310. The number of hydrogen-bond acceptors (Lipinski definition) is 5. The van der Waals surface area contributed by atoms with Crippen molar-refractivity contribution >= 4 is 17.5 Å². The fraction of sp³-hybridized carbons (Fsp3) is 0.333. The number of nitrogens with zero attached hydrogens (tertiary/aromatic N) is 4. The second-order valence-corrected chi connectivity index (χ2v) is 9.13. The van der Waals surface area contributed by atoms with Gasteiger partial charge < -0.3 is 15.0 Å². The molecule has 1 aromatic heterocycles. The molecule has 0 unspecified atom stereocenters. The molecule has 1 fully saturated rings. The third-order valence-electron chi connectivity index (χ3n) is 7.32. The summed E-state index contributed by atoms with van der Waals surface area (Å²) in [5.41, 5.74) is 3.87. The van der Waals surface area contributed by atoms with E-state index in [0.29, 0.717) is 42.1 Å². The zero-order chi connectivity index (χ0) is 24.6. The maximum atomic E-state index is 13.7. The lowest BCUT2D eigenvalue weighted by molar-refractivity contribution is -0.122. The zero-order valence-electron chi connectivity index (χ0n) is 19.9. The molecule has 2 aliphatic rings. The zero-order valence-corrected chi connectivity index (χ0v) is 19.9. The van der Waals surface area contributed by atoms with Crippen LogP contribution in [0.25, 0.3) is 5.69 Å². The van der Waals surface area contributed by atoms with Crippen LogP contribution in [0.1, 0.15) is 53.0 Å². The van der Waals surface area contributed by atoms with Crippen molar-refractivity contribution in [2.24, 2.45) is 0 Å². The van der Waals surface area contributed by atoms with Crippen molar-refractivity contribution in [2.45, 2.75) is 37.5 Å². The van der Waals surface area contributed by atoms with Crippen LogP contribution in [0.15, 0.2) is 48.5 Å². The highest BCUT2D eigenvalue weighted by Crippen LogP contribution is 2.47. The van der Waals surface area contributed by atoms with E-state index >= 15 is 0 Å². The number of hydrogen-bond donors (Lipinski definition) is 1. The molecule has 2 heterocycles. The van der Waals surface area contributed by atoms with Crippen molar-refractivity contribution in [1.29, 1.82) is 5.26 Å². The van der Waals surface area contributed by atoms with Crippen LogP contribution in [0, 0.1) is 11.3 Å². The van der Waals surface area contributed by atoms with Gasteiger partial charge in [0.15, 0.2) is 5.69 Å². The van der Waals surface area contributed by atoms with E-state index in [9.17, 15) is 14.9 Å². The van der Waals surface area contributed by atoms with Crippen LogP contribution in [-0.4, -0.2) is 42.3 Å². The highest BCUT2D eigenvalue weighted by Gasteiger charge is 2.40. The SMILES string of the molecule is CNC(=O)CC1(c2ccc(N3CCc4c(C#N)nn(-c5ccc(OC)cc5)c4C3=O)cc2)CCC1. The van der Waals surface area contributed by atoms with Crippen molar-refractivity contribution in [1.82, 2.24) is 15.1 Å². The average Bonchev–Trinajstić information content (AvgIpc) is 3.26. The van der Waals surface area contributed by atoms with Crippen LogP contribution in [0.3, 0.4) is 0 Å². The number of carbonyl (C=O) groups is 2. The van der Waals surface area contributed by atoms with Crippen LogP contribution in [0.2, 0.25) is 0 Å². The molecule has 5 rings (SSSR count).